The number of hydrogen-bond donors (Lipinski definition) is 1. The molecule has 2 aromatic heterocycles. The van der Waals surface area contributed by atoms with E-state index in [0.29, 0.717) is 10.2 Å². The molecule has 0 amide bonds. The third-order valence-corrected chi connectivity index (χ3v) is 5.56. The predicted octanol–water partition coefficient (Wildman–Crippen LogP) is 5.84. The largest absolute Gasteiger partial charge is 0.375 e. The summed E-state index contributed by atoms with van der Waals surface area (Å²) in [6.45, 7) is 0. The molecule has 0 aliphatic heterocycles. The lowest BCUT2D eigenvalue weighted by Crippen LogP contribution is -1.84. The summed E-state index contributed by atoms with van der Waals surface area (Å²) in [7, 11) is 0. The van der Waals surface area contributed by atoms with Crippen molar-refractivity contribution < 1.29 is 0 Å². The highest BCUT2D eigenvalue weighted by Gasteiger charge is 2.17. The highest BCUT2D eigenvalue weighted by Crippen LogP contribution is 2.40. The first-order chi connectivity index (χ1) is 11.7. The molecule has 24 heavy (non-hydrogen) atoms. The van der Waals surface area contributed by atoms with E-state index >= 15 is 0 Å². The Kier molecular flexibility index (Phi) is 4.06. The van der Waals surface area contributed by atoms with Crippen LogP contribution >= 0.6 is 34.3 Å². The minimum absolute atomic E-state index is 0.534. The molecular weight excluding hydrogens is 358 g/mol. The monoisotopic (exact) mass is 369 g/mol. The Labute approximate surface area is 152 Å². The van der Waals surface area contributed by atoms with Crippen molar-refractivity contribution in [1.29, 1.82) is 0 Å². The van der Waals surface area contributed by atoms with E-state index in [1.54, 1.807) is 11.3 Å². The fourth-order valence-electron chi connectivity index (χ4n) is 2.40. The molecule has 4 aromatic rings. The van der Waals surface area contributed by atoms with Gasteiger partial charge in [-0.1, -0.05) is 65.4 Å². The van der Waals surface area contributed by atoms with Crippen molar-refractivity contribution in [2.75, 3.05) is 5.73 Å². The standard InChI is InChI=1S/C18H12ClN3S2/c19-13-8-6-12(7-9-13)16-15(22-18(20)24-16)17-21-14(10-23-17)11-4-2-1-3-5-11/h1-10H,(H2,20,22). The summed E-state index contributed by atoms with van der Waals surface area (Å²) in [5, 5.41) is 4.16. The van der Waals surface area contributed by atoms with Gasteiger partial charge in [-0.2, -0.15) is 0 Å². The summed E-state index contributed by atoms with van der Waals surface area (Å²) in [4.78, 5) is 10.3. The number of benzene rings is 2. The first kappa shape index (κ1) is 15.3. The van der Waals surface area contributed by atoms with Gasteiger partial charge in [0, 0.05) is 16.0 Å². The Hall–Kier alpha value is -2.21. The van der Waals surface area contributed by atoms with Crippen LogP contribution < -0.4 is 5.73 Å². The van der Waals surface area contributed by atoms with Gasteiger partial charge in [0.2, 0.25) is 0 Å². The Morgan fingerprint density at radius 3 is 2.38 bits per heavy atom. The maximum Gasteiger partial charge on any atom is 0.181 e. The fraction of sp³-hybridized carbons (Fsp3) is 0. The average Bonchev–Trinajstić information content (AvgIpc) is 3.23. The zero-order valence-corrected chi connectivity index (χ0v) is 14.8. The third-order valence-electron chi connectivity index (χ3n) is 3.53. The normalized spacial score (nSPS) is 10.9. The van der Waals surface area contributed by atoms with E-state index in [-0.39, 0.29) is 0 Å². The van der Waals surface area contributed by atoms with E-state index in [0.717, 1.165) is 32.4 Å². The maximum atomic E-state index is 5.99. The van der Waals surface area contributed by atoms with E-state index in [1.807, 2.05) is 60.0 Å². The Morgan fingerprint density at radius 1 is 0.875 bits per heavy atom. The molecule has 0 aliphatic rings. The van der Waals surface area contributed by atoms with Gasteiger partial charge in [-0.25, -0.2) is 9.97 Å². The van der Waals surface area contributed by atoms with Crippen molar-refractivity contribution in [3.8, 4) is 32.4 Å². The van der Waals surface area contributed by atoms with Gasteiger partial charge < -0.3 is 5.73 Å². The van der Waals surface area contributed by atoms with Gasteiger partial charge in [-0.05, 0) is 17.7 Å². The molecule has 0 atom stereocenters. The molecule has 118 valence electrons. The van der Waals surface area contributed by atoms with Crippen molar-refractivity contribution in [2.24, 2.45) is 0 Å². The number of nitrogen functional groups attached to an aromatic ring is 1. The quantitative estimate of drug-likeness (QED) is 0.493. The van der Waals surface area contributed by atoms with Gasteiger partial charge in [0.1, 0.15) is 10.7 Å². The predicted molar refractivity (Wildman–Crippen MR) is 104 cm³/mol. The second-order valence-electron chi connectivity index (χ2n) is 5.14. The van der Waals surface area contributed by atoms with Gasteiger partial charge in [-0.15, -0.1) is 11.3 Å². The number of rotatable bonds is 3. The van der Waals surface area contributed by atoms with Crippen molar-refractivity contribution in [3.63, 3.8) is 0 Å². The molecule has 0 fully saturated rings. The van der Waals surface area contributed by atoms with Crippen LogP contribution in [-0.4, -0.2) is 9.97 Å². The first-order valence-corrected chi connectivity index (χ1v) is 9.31. The van der Waals surface area contributed by atoms with Crippen LogP contribution in [0, 0.1) is 0 Å². The van der Waals surface area contributed by atoms with Crippen molar-refractivity contribution >= 4 is 39.4 Å². The van der Waals surface area contributed by atoms with Crippen LogP contribution in [0.2, 0.25) is 5.02 Å². The number of nitrogens with zero attached hydrogens (tertiary/aromatic N) is 2. The summed E-state index contributed by atoms with van der Waals surface area (Å²) in [5.41, 5.74) is 9.87. The Balaban J connectivity index is 1.78. The van der Waals surface area contributed by atoms with Crippen molar-refractivity contribution in [3.05, 3.63) is 65.0 Å². The lowest BCUT2D eigenvalue weighted by atomic mass is 10.1. The molecule has 0 unspecified atom stereocenters. The van der Waals surface area contributed by atoms with Crippen LogP contribution in [0.4, 0.5) is 5.13 Å². The van der Waals surface area contributed by atoms with Gasteiger partial charge in [0.25, 0.3) is 0 Å². The van der Waals surface area contributed by atoms with Crippen molar-refractivity contribution in [2.45, 2.75) is 0 Å². The van der Waals surface area contributed by atoms with Crippen LogP contribution in [0.1, 0.15) is 0 Å². The molecule has 3 nitrogen and oxygen atoms in total. The molecular formula is C18H12ClN3S2. The molecule has 4 rings (SSSR count). The van der Waals surface area contributed by atoms with Gasteiger partial charge in [0.05, 0.1) is 10.6 Å². The minimum atomic E-state index is 0.534. The van der Waals surface area contributed by atoms with E-state index in [2.05, 4.69) is 4.98 Å². The number of hydrogen-bond acceptors (Lipinski definition) is 5. The number of anilines is 1. The molecule has 0 aliphatic carbocycles. The van der Waals surface area contributed by atoms with E-state index < -0.39 is 0 Å². The zero-order chi connectivity index (χ0) is 16.5. The summed E-state index contributed by atoms with van der Waals surface area (Å²) in [6, 6.07) is 17.8. The SMILES string of the molecule is Nc1nc(-c2nc(-c3ccccc3)cs2)c(-c2ccc(Cl)cc2)s1. The lowest BCUT2D eigenvalue weighted by Gasteiger charge is -2.00. The van der Waals surface area contributed by atoms with E-state index in [9.17, 15) is 0 Å². The Bertz CT molecular complexity index is 975. The number of thiazole rings is 2. The number of halogens is 1. The zero-order valence-electron chi connectivity index (χ0n) is 12.4. The van der Waals surface area contributed by atoms with Crippen molar-refractivity contribution in [1.82, 2.24) is 9.97 Å². The first-order valence-electron chi connectivity index (χ1n) is 7.24. The summed E-state index contributed by atoms with van der Waals surface area (Å²) in [5.74, 6) is 0. The summed E-state index contributed by atoms with van der Waals surface area (Å²) in [6.07, 6.45) is 0. The third kappa shape index (κ3) is 2.94. The van der Waals surface area contributed by atoms with Crippen LogP contribution in [0.3, 0.4) is 0 Å². The topological polar surface area (TPSA) is 51.8 Å². The molecule has 2 N–H and O–H groups in total. The molecule has 0 spiro atoms. The highest BCUT2D eigenvalue weighted by atomic mass is 35.5. The number of aromatic nitrogens is 2. The molecule has 0 bridgehead atoms. The van der Waals surface area contributed by atoms with Crippen LogP contribution in [-0.2, 0) is 0 Å². The van der Waals surface area contributed by atoms with Gasteiger partial charge >= 0.3 is 0 Å². The van der Waals surface area contributed by atoms with Crippen LogP contribution in [0.15, 0.2) is 60.0 Å². The van der Waals surface area contributed by atoms with Crippen LogP contribution in [0.25, 0.3) is 32.4 Å². The second kappa shape index (κ2) is 6.36. The highest BCUT2D eigenvalue weighted by molar-refractivity contribution is 7.20. The Morgan fingerprint density at radius 2 is 1.62 bits per heavy atom. The van der Waals surface area contributed by atoms with Gasteiger partial charge in [-0.3, -0.25) is 0 Å². The molecule has 0 radical (unpaired) electrons. The molecule has 2 aromatic carbocycles. The number of nitrogens with two attached hydrogens (primary N) is 1. The van der Waals surface area contributed by atoms with E-state index in [4.69, 9.17) is 22.3 Å². The van der Waals surface area contributed by atoms with Crippen LogP contribution in [0.5, 0.6) is 0 Å². The fourth-order valence-corrected chi connectivity index (χ4v) is 4.25. The molecule has 0 saturated carbocycles. The molecule has 0 saturated heterocycles. The van der Waals surface area contributed by atoms with E-state index in [1.165, 1.54) is 11.3 Å². The molecule has 2 heterocycles. The summed E-state index contributed by atoms with van der Waals surface area (Å²) >= 11 is 9.02. The summed E-state index contributed by atoms with van der Waals surface area (Å²) < 4.78 is 0. The smallest absolute Gasteiger partial charge is 0.181 e. The second-order valence-corrected chi connectivity index (χ2v) is 7.47. The maximum absolute atomic E-state index is 5.99. The lowest BCUT2D eigenvalue weighted by molar-refractivity contribution is 1.34. The minimum Gasteiger partial charge on any atom is -0.375 e. The average molecular weight is 370 g/mol. The van der Waals surface area contributed by atoms with Gasteiger partial charge in [0.15, 0.2) is 5.13 Å². The molecule has 6 heteroatoms.